The molecule has 0 aromatic carbocycles. The van der Waals surface area contributed by atoms with Crippen molar-refractivity contribution in [2.45, 2.75) is 37.6 Å². The third-order valence-electron chi connectivity index (χ3n) is 4.29. The molecule has 1 aromatic heterocycles. The average Bonchev–Trinajstić information content (AvgIpc) is 2.88. The van der Waals surface area contributed by atoms with E-state index in [2.05, 4.69) is 10.3 Å². The minimum Gasteiger partial charge on any atom is -0.469 e. The molecule has 2 unspecified atom stereocenters. The zero-order valence-electron chi connectivity index (χ0n) is 11.4. The van der Waals surface area contributed by atoms with Crippen molar-refractivity contribution in [2.75, 3.05) is 7.11 Å². The van der Waals surface area contributed by atoms with Crippen LogP contribution in [0, 0.1) is 11.8 Å². The van der Waals surface area contributed by atoms with E-state index in [1.807, 2.05) is 5.38 Å². The lowest BCUT2D eigenvalue weighted by Gasteiger charge is -2.28. The molecule has 6 heteroatoms. The van der Waals surface area contributed by atoms with Crippen LogP contribution in [0.4, 0.5) is 0 Å². The highest BCUT2D eigenvalue weighted by molar-refractivity contribution is 7.09. The maximum absolute atomic E-state index is 12.4. The summed E-state index contributed by atoms with van der Waals surface area (Å²) in [6.45, 7) is 0. The number of hydrogen-bond donors (Lipinski definition) is 1. The Hall–Kier alpha value is -1.43. The molecule has 2 fully saturated rings. The Morgan fingerprint density at radius 3 is 2.75 bits per heavy atom. The molecule has 0 aliphatic heterocycles. The van der Waals surface area contributed by atoms with Gasteiger partial charge in [-0.25, -0.2) is 4.98 Å². The van der Waals surface area contributed by atoms with E-state index >= 15 is 0 Å². The summed E-state index contributed by atoms with van der Waals surface area (Å²) in [6.07, 6.45) is 6.45. The highest BCUT2D eigenvalue weighted by Gasteiger charge is 2.51. The van der Waals surface area contributed by atoms with Gasteiger partial charge in [-0.05, 0) is 19.3 Å². The van der Waals surface area contributed by atoms with Gasteiger partial charge in [0, 0.05) is 11.6 Å². The van der Waals surface area contributed by atoms with E-state index in [9.17, 15) is 9.59 Å². The topological polar surface area (TPSA) is 68.3 Å². The Kier molecular flexibility index (Phi) is 3.50. The van der Waals surface area contributed by atoms with Crippen molar-refractivity contribution in [3.8, 4) is 0 Å². The van der Waals surface area contributed by atoms with Gasteiger partial charge in [-0.2, -0.15) is 0 Å². The summed E-state index contributed by atoms with van der Waals surface area (Å²) < 4.78 is 4.69. The minimum atomic E-state index is -0.311. The maximum atomic E-state index is 12.4. The summed E-state index contributed by atoms with van der Waals surface area (Å²) in [6, 6.07) is 0. The monoisotopic (exact) mass is 294 g/mol. The number of rotatable bonds is 4. The van der Waals surface area contributed by atoms with E-state index < -0.39 is 0 Å². The van der Waals surface area contributed by atoms with Gasteiger partial charge in [0.1, 0.15) is 5.01 Å². The fourth-order valence-electron chi connectivity index (χ4n) is 3.06. The van der Waals surface area contributed by atoms with E-state index in [4.69, 9.17) is 4.74 Å². The van der Waals surface area contributed by atoms with Crippen LogP contribution in [0.5, 0.6) is 0 Å². The molecule has 1 amide bonds. The van der Waals surface area contributed by atoms with Gasteiger partial charge in [-0.1, -0.05) is 12.8 Å². The minimum absolute atomic E-state index is 0.0301. The van der Waals surface area contributed by atoms with Crippen LogP contribution < -0.4 is 5.32 Å². The number of nitrogens with zero attached hydrogens (tertiary/aromatic N) is 1. The van der Waals surface area contributed by atoms with Gasteiger partial charge in [-0.15, -0.1) is 11.3 Å². The van der Waals surface area contributed by atoms with Gasteiger partial charge in [0.2, 0.25) is 5.91 Å². The van der Waals surface area contributed by atoms with E-state index in [-0.39, 0.29) is 29.3 Å². The Morgan fingerprint density at radius 2 is 2.15 bits per heavy atom. The number of thiazole rings is 1. The lowest BCUT2D eigenvalue weighted by atomic mass is 9.98. The van der Waals surface area contributed by atoms with E-state index in [0.29, 0.717) is 6.42 Å². The molecule has 1 heterocycles. The van der Waals surface area contributed by atoms with Gasteiger partial charge in [0.15, 0.2) is 0 Å². The van der Waals surface area contributed by atoms with Gasteiger partial charge >= 0.3 is 5.97 Å². The summed E-state index contributed by atoms with van der Waals surface area (Å²) in [4.78, 5) is 28.2. The number of aromatic nitrogens is 1. The summed E-state index contributed by atoms with van der Waals surface area (Å²) in [5.41, 5.74) is -0.311. The predicted octanol–water partition coefficient (Wildman–Crippen LogP) is 1.84. The first-order valence-corrected chi connectivity index (χ1v) is 7.84. The second-order valence-electron chi connectivity index (χ2n) is 5.59. The molecular formula is C14H18N2O3S. The molecule has 0 saturated heterocycles. The van der Waals surface area contributed by atoms with Gasteiger partial charge in [0.05, 0.1) is 24.5 Å². The molecule has 3 rings (SSSR count). The van der Waals surface area contributed by atoms with Gasteiger partial charge < -0.3 is 10.1 Å². The molecule has 108 valence electrons. The first-order chi connectivity index (χ1) is 9.66. The van der Waals surface area contributed by atoms with Gasteiger partial charge in [-0.3, -0.25) is 9.59 Å². The average molecular weight is 294 g/mol. The molecule has 2 aliphatic carbocycles. The molecular weight excluding hydrogens is 276 g/mol. The van der Waals surface area contributed by atoms with E-state index in [1.165, 1.54) is 7.11 Å². The lowest BCUT2D eigenvalue weighted by Crippen LogP contribution is -2.44. The molecule has 1 aromatic rings. The van der Waals surface area contributed by atoms with Crippen LogP contribution in [-0.2, 0) is 19.9 Å². The van der Waals surface area contributed by atoms with Crippen molar-refractivity contribution in [1.82, 2.24) is 10.3 Å². The standard InChI is InChI=1S/C14H18N2O3S/c1-19-12(18)10-8-9(10)11(17)16-14(4-2-3-5-14)13-15-6-7-20-13/h6-7,9-10H,2-5,8H2,1H3,(H,16,17). The Labute approximate surface area is 121 Å². The number of esters is 1. The normalized spacial score (nSPS) is 27.1. The van der Waals surface area contributed by atoms with Crippen LogP contribution in [0.25, 0.3) is 0 Å². The van der Waals surface area contributed by atoms with Crippen molar-refractivity contribution >= 4 is 23.2 Å². The van der Waals surface area contributed by atoms with Crippen LogP contribution >= 0.6 is 11.3 Å². The summed E-state index contributed by atoms with van der Waals surface area (Å²) in [5.74, 6) is -0.785. The number of amides is 1. The van der Waals surface area contributed by atoms with Crippen molar-refractivity contribution in [2.24, 2.45) is 11.8 Å². The van der Waals surface area contributed by atoms with Crippen molar-refractivity contribution in [3.05, 3.63) is 16.6 Å². The van der Waals surface area contributed by atoms with Crippen LogP contribution in [0.2, 0.25) is 0 Å². The number of methoxy groups -OCH3 is 1. The summed E-state index contributed by atoms with van der Waals surface area (Å²) in [5, 5.41) is 6.09. The van der Waals surface area contributed by atoms with Crippen LogP contribution in [0.1, 0.15) is 37.1 Å². The third-order valence-corrected chi connectivity index (χ3v) is 5.27. The van der Waals surface area contributed by atoms with Gasteiger partial charge in [0.25, 0.3) is 0 Å². The largest absolute Gasteiger partial charge is 0.469 e. The molecule has 0 bridgehead atoms. The SMILES string of the molecule is COC(=O)C1CC1C(=O)NC1(c2nccs2)CCCC1. The second kappa shape index (κ2) is 5.16. The number of carbonyl (C=O) groups is 2. The van der Waals surface area contributed by atoms with E-state index in [0.717, 1.165) is 30.7 Å². The molecule has 20 heavy (non-hydrogen) atoms. The van der Waals surface area contributed by atoms with Crippen LogP contribution in [-0.4, -0.2) is 24.0 Å². The molecule has 2 aliphatic rings. The van der Waals surface area contributed by atoms with Crippen molar-refractivity contribution < 1.29 is 14.3 Å². The number of carbonyl (C=O) groups excluding carboxylic acids is 2. The number of nitrogens with one attached hydrogen (secondary N) is 1. The molecule has 0 radical (unpaired) electrons. The summed E-state index contributed by atoms with van der Waals surface area (Å²) >= 11 is 1.59. The fraction of sp³-hybridized carbons (Fsp3) is 0.643. The molecule has 0 spiro atoms. The van der Waals surface area contributed by atoms with Crippen molar-refractivity contribution in [3.63, 3.8) is 0 Å². The predicted molar refractivity (Wildman–Crippen MR) is 74.0 cm³/mol. The first kappa shape index (κ1) is 13.5. The zero-order valence-corrected chi connectivity index (χ0v) is 12.2. The highest BCUT2D eigenvalue weighted by atomic mass is 32.1. The maximum Gasteiger partial charge on any atom is 0.309 e. The zero-order chi connectivity index (χ0) is 14.2. The first-order valence-electron chi connectivity index (χ1n) is 6.96. The molecule has 1 N–H and O–H groups in total. The Balaban J connectivity index is 1.70. The van der Waals surface area contributed by atoms with E-state index in [1.54, 1.807) is 17.5 Å². The Morgan fingerprint density at radius 1 is 1.40 bits per heavy atom. The number of hydrogen-bond acceptors (Lipinski definition) is 5. The second-order valence-corrected chi connectivity index (χ2v) is 6.48. The smallest absolute Gasteiger partial charge is 0.309 e. The van der Waals surface area contributed by atoms with Crippen LogP contribution in [0.3, 0.4) is 0 Å². The fourth-order valence-corrected chi connectivity index (χ4v) is 3.91. The van der Waals surface area contributed by atoms with Crippen molar-refractivity contribution in [1.29, 1.82) is 0 Å². The highest BCUT2D eigenvalue weighted by Crippen LogP contribution is 2.43. The van der Waals surface area contributed by atoms with Crippen LogP contribution in [0.15, 0.2) is 11.6 Å². The Bertz CT molecular complexity index is 508. The third kappa shape index (κ3) is 2.32. The lowest BCUT2D eigenvalue weighted by molar-refractivity contribution is -0.143. The summed E-state index contributed by atoms with van der Waals surface area (Å²) in [7, 11) is 1.36. The quantitative estimate of drug-likeness (QED) is 0.860. The number of ether oxygens (including phenoxy) is 1. The molecule has 2 atom stereocenters. The molecule has 5 nitrogen and oxygen atoms in total. The molecule has 2 saturated carbocycles.